The first kappa shape index (κ1) is 17.2. The van der Waals surface area contributed by atoms with Crippen molar-refractivity contribution in [2.75, 3.05) is 26.8 Å². The molecule has 1 unspecified atom stereocenters. The normalized spacial score (nSPS) is 13.5. The Kier molecular flexibility index (Phi) is 6.39. The third-order valence-corrected chi connectivity index (χ3v) is 2.83. The second-order valence-electron chi connectivity index (χ2n) is 5.05. The van der Waals surface area contributed by atoms with E-state index in [4.69, 9.17) is 9.47 Å². The number of methoxy groups -OCH3 is 1. The van der Waals surface area contributed by atoms with Crippen molar-refractivity contribution in [1.82, 2.24) is 5.32 Å². The van der Waals surface area contributed by atoms with Gasteiger partial charge in [-0.3, -0.25) is 10.1 Å². The molecule has 0 amide bonds. The van der Waals surface area contributed by atoms with E-state index in [1.165, 1.54) is 19.2 Å². The Morgan fingerprint density at radius 2 is 2.19 bits per heavy atom. The zero-order valence-electron chi connectivity index (χ0n) is 12.6. The van der Waals surface area contributed by atoms with Gasteiger partial charge in [-0.25, -0.2) is 0 Å². The van der Waals surface area contributed by atoms with Gasteiger partial charge in [0.25, 0.3) is 0 Å². The van der Waals surface area contributed by atoms with Crippen molar-refractivity contribution in [2.24, 2.45) is 0 Å². The Morgan fingerprint density at radius 3 is 2.76 bits per heavy atom. The first-order chi connectivity index (χ1) is 9.89. The molecule has 0 radical (unpaired) electrons. The zero-order chi connectivity index (χ0) is 15.9. The molecule has 0 saturated carbocycles. The molecule has 1 aromatic rings. The lowest BCUT2D eigenvalue weighted by atomic mass is 10.1. The van der Waals surface area contributed by atoms with E-state index < -0.39 is 10.5 Å². The van der Waals surface area contributed by atoms with Crippen LogP contribution in [-0.2, 0) is 0 Å². The number of nitrogens with one attached hydrogen (secondary N) is 1. The van der Waals surface area contributed by atoms with Gasteiger partial charge in [-0.2, -0.15) is 0 Å². The number of rotatable bonds is 9. The van der Waals surface area contributed by atoms with E-state index in [1.54, 1.807) is 13.0 Å². The quantitative estimate of drug-likeness (QED) is 0.410. The standard InChI is InChI=1S/C14H22N2O5/c1-4-7-15-9-14(2,17)10-21-11-5-6-13(20-3)12(8-11)16(18)19/h5-6,8,15,17H,4,7,9-10H2,1-3H3. The van der Waals surface area contributed by atoms with E-state index >= 15 is 0 Å². The minimum atomic E-state index is -1.05. The van der Waals surface area contributed by atoms with Crippen LogP contribution in [0.2, 0.25) is 0 Å². The molecule has 1 atom stereocenters. The van der Waals surface area contributed by atoms with E-state index in [1.807, 2.05) is 6.92 Å². The maximum absolute atomic E-state index is 10.9. The van der Waals surface area contributed by atoms with Crippen LogP contribution in [0.25, 0.3) is 0 Å². The SMILES string of the molecule is CCCNCC(C)(O)COc1ccc(OC)c([N+](=O)[O-])c1. The van der Waals surface area contributed by atoms with Gasteiger partial charge in [0.05, 0.1) is 18.1 Å². The predicted molar refractivity (Wildman–Crippen MR) is 78.9 cm³/mol. The molecule has 0 heterocycles. The Morgan fingerprint density at radius 1 is 1.48 bits per heavy atom. The summed E-state index contributed by atoms with van der Waals surface area (Å²) in [4.78, 5) is 10.4. The fraction of sp³-hybridized carbons (Fsp3) is 0.571. The molecular formula is C14H22N2O5. The Bertz CT molecular complexity index is 476. The van der Waals surface area contributed by atoms with Gasteiger partial charge in [-0.05, 0) is 32.0 Å². The highest BCUT2D eigenvalue weighted by atomic mass is 16.6. The van der Waals surface area contributed by atoms with E-state index in [0.29, 0.717) is 12.3 Å². The van der Waals surface area contributed by atoms with Gasteiger partial charge in [-0.1, -0.05) is 6.92 Å². The Labute approximate surface area is 124 Å². The highest BCUT2D eigenvalue weighted by Crippen LogP contribution is 2.30. The van der Waals surface area contributed by atoms with E-state index in [2.05, 4.69) is 5.32 Å². The van der Waals surface area contributed by atoms with Crippen molar-refractivity contribution in [2.45, 2.75) is 25.9 Å². The van der Waals surface area contributed by atoms with Crippen LogP contribution in [0.3, 0.4) is 0 Å². The summed E-state index contributed by atoms with van der Waals surface area (Å²) in [5.74, 6) is 0.488. The van der Waals surface area contributed by atoms with Crippen LogP contribution in [-0.4, -0.2) is 42.4 Å². The first-order valence-electron chi connectivity index (χ1n) is 6.78. The minimum Gasteiger partial charge on any atom is -0.490 e. The van der Waals surface area contributed by atoms with Gasteiger partial charge in [0, 0.05) is 6.54 Å². The van der Waals surface area contributed by atoms with Crippen LogP contribution in [0.1, 0.15) is 20.3 Å². The van der Waals surface area contributed by atoms with Gasteiger partial charge in [-0.15, -0.1) is 0 Å². The lowest BCUT2D eigenvalue weighted by Crippen LogP contribution is -2.43. The number of hydrogen-bond acceptors (Lipinski definition) is 6. The highest BCUT2D eigenvalue weighted by Gasteiger charge is 2.22. The Balaban J connectivity index is 2.66. The maximum atomic E-state index is 10.9. The summed E-state index contributed by atoms with van der Waals surface area (Å²) in [5, 5.41) is 24.2. The smallest absolute Gasteiger partial charge is 0.314 e. The fourth-order valence-electron chi connectivity index (χ4n) is 1.73. The van der Waals surface area contributed by atoms with Crippen molar-refractivity contribution < 1.29 is 19.5 Å². The molecule has 7 heteroatoms. The molecule has 7 nitrogen and oxygen atoms in total. The van der Waals surface area contributed by atoms with Crippen LogP contribution < -0.4 is 14.8 Å². The van der Waals surface area contributed by atoms with Crippen LogP contribution in [0.4, 0.5) is 5.69 Å². The van der Waals surface area contributed by atoms with Crippen molar-refractivity contribution in [3.8, 4) is 11.5 Å². The van der Waals surface area contributed by atoms with Gasteiger partial charge < -0.3 is 19.9 Å². The summed E-state index contributed by atoms with van der Waals surface area (Å²) >= 11 is 0. The van der Waals surface area contributed by atoms with Crippen LogP contribution in [0, 0.1) is 10.1 Å². The maximum Gasteiger partial charge on any atom is 0.314 e. The molecule has 118 valence electrons. The average Bonchev–Trinajstić information content (AvgIpc) is 2.45. The second kappa shape index (κ2) is 7.80. The lowest BCUT2D eigenvalue weighted by molar-refractivity contribution is -0.385. The average molecular weight is 298 g/mol. The van der Waals surface area contributed by atoms with E-state index in [-0.39, 0.29) is 18.0 Å². The first-order valence-corrected chi connectivity index (χ1v) is 6.78. The molecule has 0 aromatic heterocycles. The number of hydrogen-bond donors (Lipinski definition) is 2. The molecule has 21 heavy (non-hydrogen) atoms. The Hall–Kier alpha value is -1.86. The predicted octanol–water partition coefficient (Wildman–Crippen LogP) is 1.73. The summed E-state index contributed by atoms with van der Waals surface area (Å²) < 4.78 is 10.4. The number of aliphatic hydroxyl groups is 1. The summed E-state index contributed by atoms with van der Waals surface area (Å²) in [5.41, 5.74) is -1.22. The molecule has 0 aliphatic heterocycles. The van der Waals surface area contributed by atoms with Crippen LogP contribution >= 0.6 is 0 Å². The number of benzene rings is 1. The van der Waals surface area contributed by atoms with E-state index in [0.717, 1.165) is 13.0 Å². The molecule has 1 aromatic carbocycles. The van der Waals surface area contributed by atoms with Gasteiger partial charge in [0.1, 0.15) is 18.0 Å². The lowest BCUT2D eigenvalue weighted by Gasteiger charge is -2.23. The van der Waals surface area contributed by atoms with Gasteiger partial charge in [0.2, 0.25) is 0 Å². The summed E-state index contributed by atoms with van der Waals surface area (Å²) in [6.45, 7) is 4.92. The zero-order valence-corrected chi connectivity index (χ0v) is 12.6. The molecule has 0 bridgehead atoms. The minimum absolute atomic E-state index is 0.0349. The van der Waals surface area contributed by atoms with Crippen molar-refractivity contribution in [3.63, 3.8) is 0 Å². The monoisotopic (exact) mass is 298 g/mol. The molecule has 0 aliphatic carbocycles. The largest absolute Gasteiger partial charge is 0.490 e. The molecule has 1 rings (SSSR count). The molecule has 0 fully saturated rings. The second-order valence-corrected chi connectivity index (χ2v) is 5.05. The third kappa shape index (κ3) is 5.57. The molecule has 0 saturated heterocycles. The number of nitro groups is 1. The van der Waals surface area contributed by atoms with E-state index in [9.17, 15) is 15.2 Å². The van der Waals surface area contributed by atoms with Crippen LogP contribution in [0.15, 0.2) is 18.2 Å². The van der Waals surface area contributed by atoms with Crippen molar-refractivity contribution in [1.29, 1.82) is 0 Å². The van der Waals surface area contributed by atoms with Gasteiger partial charge in [0.15, 0.2) is 5.75 Å². The molecule has 0 spiro atoms. The topological polar surface area (TPSA) is 93.9 Å². The summed E-state index contributed by atoms with van der Waals surface area (Å²) in [6.07, 6.45) is 0.974. The highest BCUT2D eigenvalue weighted by molar-refractivity contribution is 5.50. The summed E-state index contributed by atoms with van der Waals surface area (Å²) in [6, 6.07) is 4.33. The number of ether oxygens (including phenoxy) is 2. The van der Waals surface area contributed by atoms with Crippen LogP contribution in [0.5, 0.6) is 11.5 Å². The number of nitrogens with zero attached hydrogens (tertiary/aromatic N) is 1. The van der Waals surface area contributed by atoms with Crippen molar-refractivity contribution in [3.05, 3.63) is 28.3 Å². The molecule has 0 aliphatic rings. The fourth-order valence-corrected chi connectivity index (χ4v) is 1.73. The summed E-state index contributed by atoms with van der Waals surface area (Å²) in [7, 11) is 1.37. The van der Waals surface area contributed by atoms with Crippen molar-refractivity contribution >= 4 is 5.69 Å². The third-order valence-electron chi connectivity index (χ3n) is 2.83. The number of nitro benzene ring substituents is 1. The van der Waals surface area contributed by atoms with Gasteiger partial charge >= 0.3 is 5.69 Å². The molecular weight excluding hydrogens is 276 g/mol. The molecule has 2 N–H and O–H groups in total.